The number of carboxylic acids is 1. The zero-order valence-electron chi connectivity index (χ0n) is 11.7. The largest absolute Gasteiger partial charge is 0.550 e. The van der Waals surface area contributed by atoms with Gasteiger partial charge in [-0.05, 0) is 19.8 Å². The Kier molecular flexibility index (Phi) is 11.3. The van der Waals surface area contributed by atoms with Gasteiger partial charge >= 0.3 is 0 Å². The summed E-state index contributed by atoms with van der Waals surface area (Å²) in [7, 11) is 0. The van der Waals surface area contributed by atoms with Crippen LogP contribution in [0.1, 0.15) is 58.8 Å². The molecule has 0 aliphatic heterocycles. The molecule has 0 saturated heterocycles. The molecule has 0 saturated carbocycles. The van der Waals surface area contributed by atoms with E-state index in [9.17, 15) is 0 Å². The maximum absolute atomic E-state index is 8.89. The summed E-state index contributed by atoms with van der Waals surface area (Å²) in [6, 6.07) is 0. The lowest BCUT2D eigenvalue weighted by atomic mass is 10.1. The number of rotatable bonds is 8. The highest BCUT2D eigenvalue weighted by Gasteiger charge is 1.96. The highest BCUT2D eigenvalue weighted by atomic mass is 16.4. The van der Waals surface area contributed by atoms with Crippen molar-refractivity contribution < 1.29 is 14.5 Å². The van der Waals surface area contributed by atoms with E-state index in [1.165, 1.54) is 44.9 Å². The molecule has 0 atom stereocenters. The van der Waals surface area contributed by atoms with E-state index in [4.69, 9.17) is 9.90 Å². The molecule has 1 N–H and O–H groups in total. The Morgan fingerprint density at radius 3 is 2.22 bits per heavy atom. The Bertz CT molecular complexity index is 280. The number of carbonyl (C=O) groups is 1. The second-order valence-electron chi connectivity index (χ2n) is 4.46. The first kappa shape index (κ1) is 16.7. The van der Waals surface area contributed by atoms with Crippen LogP contribution in [0.2, 0.25) is 0 Å². The number of unbranched alkanes of at least 4 members (excludes halogenated alkanes) is 6. The summed E-state index contributed by atoms with van der Waals surface area (Å²) in [5, 5.41) is 8.89. The molecule has 1 rings (SSSR count). The second kappa shape index (κ2) is 12.1. The number of H-pyrrole nitrogens is 1. The lowest BCUT2D eigenvalue weighted by Crippen LogP contribution is -2.30. The van der Waals surface area contributed by atoms with Gasteiger partial charge in [0.1, 0.15) is 12.4 Å². The number of hydrogen-bond acceptors (Lipinski definition) is 2. The number of carbonyl (C=O) groups excluding carboxylic acids is 1. The van der Waals surface area contributed by atoms with E-state index in [0.29, 0.717) is 0 Å². The van der Waals surface area contributed by atoms with E-state index >= 15 is 0 Å². The smallest absolute Gasteiger partial charge is 0.241 e. The molecule has 0 amide bonds. The molecular formula is C14H26N2O2. The molecule has 18 heavy (non-hydrogen) atoms. The molecule has 0 spiro atoms. The summed E-state index contributed by atoms with van der Waals surface area (Å²) in [5.41, 5.74) is 0. The first-order valence-corrected chi connectivity index (χ1v) is 6.86. The van der Waals surface area contributed by atoms with E-state index in [1.807, 2.05) is 12.5 Å². The second-order valence-corrected chi connectivity index (χ2v) is 4.46. The fourth-order valence-electron chi connectivity index (χ4n) is 1.71. The topological polar surface area (TPSA) is 59.8 Å². The summed E-state index contributed by atoms with van der Waals surface area (Å²) in [6.07, 6.45) is 15.8. The van der Waals surface area contributed by atoms with Gasteiger partial charge in [0, 0.05) is 5.97 Å². The predicted molar refractivity (Wildman–Crippen MR) is 69.7 cm³/mol. The number of imidazole rings is 1. The van der Waals surface area contributed by atoms with Crippen LogP contribution in [0.5, 0.6) is 0 Å². The van der Waals surface area contributed by atoms with Crippen LogP contribution < -0.4 is 9.67 Å². The van der Waals surface area contributed by atoms with Crippen molar-refractivity contribution >= 4 is 5.97 Å². The molecule has 1 heterocycles. The molecule has 0 fully saturated rings. The highest BCUT2D eigenvalue weighted by molar-refractivity contribution is 5.60. The number of aromatic nitrogens is 2. The minimum atomic E-state index is -1.08. The lowest BCUT2D eigenvalue weighted by Gasteiger charge is -1.99. The van der Waals surface area contributed by atoms with E-state index < -0.39 is 5.97 Å². The third-order valence-corrected chi connectivity index (χ3v) is 2.62. The monoisotopic (exact) mass is 254 g/mol. The fraction of sp³-hybridized carbons (Fsp3) is 0.714. The molecule has 1 aromatic rings. The number of hydrogen-bond donors (Lipinski definition) is 1. The van der Waals surface area contributed by atoms with Crippen molar-refractivity contribution in [1.29, 1.82) is 0 Å². The number of carboxylic acid groups (broad SMARTS) is 1. The van der Waals surface area contributed by atoms with Crippen molar-refractivity contribution in [3.8, 4) is 0 Å². The van der Waals surface area contributed by atoms with Crippen LogP contribution in [0, 0.1) is 0 Å². The number of aryl methyl sites for hydroxylation is 1. The quantitative estimate of drug-likeness (QED) is 0.568. The molecule has 0 aromatic carbocycles. The summed E-state index contributed by atoms with van der Waals surface area (Å²) in [4.78, 5) is 12.0. The third-order valence-electron chi connectivity index (χ3n) is 2.62. The van der Waals surface area contributed by atoms with Gasteiger partial charge in [-0.25, -0.2) is 4.57 Å². The molecule has 0 aliphatic carbocycles. The fourth-order valence-corrected chi connectivity index (χ4v) is 1.71. The van der Waals surface area contributed by atoms with Gasteiger partial charge in [-0.3, -0.25) is 4.98 Å². The lowest BCUT2D eigenvalue weighted by molar-refractivity contribution is -0.696. The van der Waals surface area contributed by atoms with Crippen molar-refractivity contribution in [3.05, 3.63) is 18.7 Å². The Morgan fingerprint density at radius 2 is 1.72 bits per heavy atom. The maximum atomic E-state index is 8.89. The molecule has 104 valence electrons. The maximum Gasteiger partial charge on any atom is 0.241 e. The Labute approximate surface area is 110 Å². The van der Waals surface area contributed by atoms with Gasteiger partial charge in [0.15, 0.2) is 0 Å². The van der Waals surface area contributed by atoms with Crippen LogP contribution in [0.25, 0.3) is 0 Å². The molecule has 0 unspecified atom stereocenters. The van der Waals surface area contributed by atoms with Crippen LogP contribution in [0.15, 0.2) is 18.7 Å². The first-order valence-electron chi connectivity index (χ1n) is 6.86. The van der Waals surface area contributed by atoms with Crippen LogP contribution in [-0.4, -0.2) is 11.0 Å². The minimum absolute atomic E-state index is 0.972. The van der Waals surface area contributed by atoms with Crippen molar-refractivity contribution in [3.63, 3.8) is 0 Å². The molecule has 1 aromatic heterocycles. The van der Waals surface area contributed by atoms with Crippen molar-refractivity contribution in [1.82, 2.24) is 4.98 Å². The summed E-state index contributed by atoms with van der Waals surface area (Å²) in [6.45, 7) is 4.40. The Hall–Kier alpha value is -1.32. The van der Waals surface area contributed by atoms with Crippen molar-refractivity contribution in [2.45, 2.75) is 65.3 Å². The first-order chi connectivity index (χ1) is 8.66. The average Bonchev–Trinajstić information content (AvgIpc) is 2.80. The SMILES string of the molecule is CC(=O)[O-].CCCCCCCCC[n+]1cc[nH]c1. The predicted octanol–water partition coefficient (Wildman–Crippen LogP) is 1.81. The zero-order valence-corrected chi connectivity index (χ0v) is 11.7. The van der Waals surface area contributed by atoms with Crippen LogP contribution in [0.3, 0.4) is 0 Å². The van der Waals surface area contributed by atoms with E-state index in [0.717, 1.165) is 13.5 Å². The number of aliphatic carboxylic acids is 1. The standard InChI is InChI=1S/C12H22N2.C2H4O2/c1-2-3-4-5-6-7-8-10-14-11-9-13-12-14;1-2(3)4/h9,11-12H,2-8,10H2,1H3;1H3,(H,3,4). The summed E-state index contributed by atoms with van der Waals surface area (Å²) < 4.78 is 2.21. The molecule has 0 aliphatic rings. The summed E-state index contributed by atoms with van der Waals surface area (Å²) in [5.74, 6) is -1.08. The number of nitrogens with zero attached hydrogens (tertiary/aromatic N) is 1. The Balaban J connectivity index is 0.000000631. The van der Waals surface area contributed by atoms with Gasteiger partial charge in [-0.1, -0.05) is 39.0 Å². The molecule has 4 heteroatoms. The van der Waals surface area contributed by atoms with Gasteiger partial charge < -0.3 is 9.90 Å². The third kappa shape index (κ3) is 12.7. The molecule has 4 nitrogen and oxygen atoms in total. The van der Waals surface area contributed by atoms with E-state index in [1.54, 1.807) is 0 Å². The van der Waals surface area contributed by atoms with Crippen LogP contribution >= 0.6 is 0 Å². The van der Waals surface area contributed by atoms with Crippen molar-refractivity contribution in [2.75, 3.05) is 0 Å². The van der Waals surface area contributed by atoms with Crippen LogP contribution in [-0.2, 0) is 11.3 Å². The highest BCUT2D eigenvalue weighted by Crippen LogP contribution is 2.06. The van der Waals surface area contributed by atoms with Gasteiger partial charge in [0.25, 0.3) is 0 Å². The van der Waals surface area contributed by atoms with Gasteiger partial charge in [-0.2, -0.15) is 0 Å². The Morgan fingerprint density at radius 1 is 1.17 bits per heavy atom. The number of nitrogens with one attached hydrogen (secondary N) is 1. The number of aromatic amines is 1. The van der Waals surface area contributed by atoms with Gasteiger partial charge in [0.05, 0.1) is 6.54 Å². The van der Waals surface area contributed by atoms with Crippen LogP contribution in [0.4, 0.5) is 0 Å². The zero-order chi connectivity index (χ0) is 13.6. The molecule has 0 bridgehead atoms. The molecule has 0 radical (unpaired) electrons. The summed E-state index contributed by atoms with van der Waals surface area (Å²) >= 11 is 0. The van der Waals surface area contributed by atoms with E-state index in [-0.39, 0.29) is 0 Å². The minimum Gasteiger partial charge on any atom is -0.550 e. The van der Waals surface area contributed by atoms with E-state index in [2.05, 4.69) is 22.7 Å². The normalized spacial score (nSPS) is 9.67. The van der Waals surface area contributed by atoms with Crippen molar-refractivity contribution in [2.24, 2.45) is 0 Å². The molecular weight excluding hydrogens is 228 g/mol. The van der Waals surface area contributed by atoms with Gasteiger partial charge in [0.2, 0.25) is 6.33 Å². The van der Waals surface area contributed by atoms with Gasteiger partial charge in [-0.15, -0.1) is 0 Å². The average molecular weight is 254 g/mol.